The van der Waals surface area contributed by atoms with E-state index in [4.69, 9.17) is 23.2 Å². The van der Waals surface area contributed by atoms with Crippen molar-refractivity contribution >= 4 is 23.2 Å². The average molecular weight is 230 g/mol. The number of benzene rings is 1. The molecule has 0 amide bonds. The minimum atomic E-state index is -4.76. The first-order valence-corrected chi connectivity index (χ1v) is 3.76. The molecule has 1 nitrogen and oxygen atoms in total. The van der Waals surface area contributed by atoms with Crippen molar-refractivity contribution in [3.05, 3.63) is 28.2 Å². The van der Waals surface area contributed by atoms with E-state index in [2.05, 4.69) is 10.8 Å². The summed E-state index contributed by atoms with van der Waals surface area (Å²) in [6, 6.07) is 4.36. The van der Waals surface area contributed by atoms with Gasteiger partial charge in [-0.05, 0) is 12.1 Å². The second-order valence-electron chi connectivity index (χ2n) is 2.04. The lowest BCUT2D eigenvalue weighted by atomic mass is 10.3. The first kappa shape index (κ1) is 10.5. The van der Waals surface area contributed by atoms with Crippen LogP contribution in [0, 0.1) is 6.07 Å². The van der Waals surface area contributed by atoms with Gasteiger partial charge in [-0.1, -0.05) is 23.2 Å². The number of rotatable bonds is 1. The zero-order valence-electron chi connectivity index (χ0n) is 5.95. The van der Waals surface area contributed by atoms with Crippen LogP contribution >= 0.6 is 23.2 Å². The zero-order valence-corrected chi connectivity index (χ0v) is 7.46. The Hall–Kier alpha value is -0.610. The summed E-state index contributed by atoms with van der Waals surface area (Å²) in [5.74, 6) is -0.515. The van der Waals surface area contributed by atoms with Gasteiger partial charge in [0, 0.05) is 6.07 Å². The molecule has 0 saturated carbocycles. The maximum absolute atomic E-state index is 11.7. The number of alkyl halides is 3. The third-order valence-electron chi connectivity index (χ3n) is 1.06. The molecule has 0 spiro atoms. The molecule has 0 atom stereocenters. The summed E-state index contributed by atoms with van der Waals surface area (Å²) >= 11 is 10.8. The van der Waals surface area contributed by atoms with Gasteiger partial charge in [0.05, 0.1) is 10.0 Å². The molecular formula is C7H2Cl2F3O. The van der Waals surface area contributed by atoms with E-state index < -0.39 is 12.1 Å². The van der Waals surface area contributed by atoms with Crippen molar-refractivity contribution in [2.24, 2.45) is 0 Å². The van der Waals surface area contributed by atoms with Crippen LogP contribution in [-0.4, -0.2) is 6.36 Å². The molecule has 0 unspecified atom stereocenters. The number of halogens is 5. The van der Waals surface area contributed by atoms with Gasteiger partial charge in [0.25, 0.3) is 0 Å². The van der Waals surface area contributed by atoms with E-state index in [1.165, 1.54) is 0 Å². The van der Waals surface area contributed by atoms with Crippen LogP contribution in [0.4, 0.5) is 13.2 Å². The van der Waals surface area contributed by atoms with Crippen molar-refractivity contribution < 1.29 is 17.9 Å². The minimum absolute atomic E-state index is 0.125. The Morgan fingerprint density at radius 3 is 2.38 bits per heavy atom. The molecule has 0 heterocycles. The molecule has 0 N–H and O–H groups in total. The highest BCUT2D eigenvalue weighted by molar-refractivity contribution is 6.35. The number of hydrogen-bond acceptors (Lipinski definition) is 1. The van der Waals surface area contributed by atoms with Crippen LogP contribution in [0.5, 0.6) is 5.75 Å². The molecule has 71 valence electrons. The molecular weight excluding hydrogens is 228 g/mol. The molecule has 0 fully saturated rings. The zero-order chi connectivity index (χ0) is 10.1. The monoisotopic (exact) mass is 229 g/mol. The van der Waals surface area contributed by atoms with E-state index in [1.54, 1.807) is 0 Å². The van der Waals surface area contributed by atoms with E-state index >= 15 is 0 Å². The summed E-state index contributed by atoms with van der Waals surface area (Å²) in [5, 5.41) is -0.0828. The smallest absolute Gasteiger partial charge is 0.404 e. The minimum Gasteiger partial charge on any atom is -0.404 e. The summed E-state index contributed by atoms with van der Waals surface area (Å²) in [6.45, 7) is 0. The van der Waals surface area contributed by atoms with Gasteiger partial charge in [0.15, 0.2) is 0 Å². The molecule has 0 aliphatic carbocycles. The third-order valence-corrected chi connectivity index (χ3v) is 1.57. The molecule has 1 radical (unpaired) electrons. The van der Waals surface area contributed by atoms with Gasteiger partial charge in [-0.2, -0.15) is 0 Å². The average Bonchev–Trinajstić information content (AvgIpc) is 1.93. The fourth-order valence-corrected chi connectivity index (χ4v) is 1.05. The summed E-state index contributed by atoms with van der Waals surface area (Å²) in [5.41, 5.74) is 0. The summed E-state index contributed by atoms with van der Waals surface area (Å²) in [6.07, 6.45) is -4.76. The van der Waals surface area contributed by atoms with E-state index in [0.717, 1.165) is 12.1 Å². The van der Waals surface area contributed by atoms with Crippen LogP contribution in [0.2, 0.25) is 10.0 Å². The van der Waals surface area contributed by atoms with Gasteiger partial charge in [-0.25, -0.2) is 0 Å². The molecule has 1 aromatic carbocycles. The van der Waals surface area contributed by atoms with E-state index in [9.17, 15) is 13.2 Å². The fourth-order valence-electron chi connectivity index (χ4n) is 0.630. The lowest BCUT2D eigenvalue weighted by molar-refractivity contribution is -0.274. The topological polar surface area (TPSA) is 9.23 Å². The number of ether oxygens (including phenoxy) is 1. The highest BCUT2D eigenvalue weighted by Crippen LogP contribution is 2.31. The molecule has 1 rings (SSSR count). The predicted molar refractivity (Wildman–Crippen MR) is 42.0 cm³/mol. The van der Waals surface area contributed by atoms with Crippen LogP contribution in [0.3, 0.4) is 0 Å². The maximum Gasteiger partial charge on any atom is 0.573 e. The van der Waals surface area contributed by atoms with Crippen molar-refractivity contribution in [1.82, 2.24) is 0 Å². The molecule has 0 saturated heterocycles. The lowest BCUT2D eigenvalue weighted by Gasteiger charge is -2.09. The Kier molecular flexibility index (Phi) is 2.93. The molecule has 1 aromatic rings. The first-order valence-electron chi connectivity index (χ1n) is 3.01. The Labute approximate surface area is 82.0 Å². The van der Waals surface area contributed by atoms with Crippen molar-refractivity contribution in [3.63, 3.8) is 0 Å². The summed E-state index contributed by atoms with van der Waals surface area (Å²) in [4.78, 5) is 0. The van der Waals surface area contributed by atoms with Gasteiger partial charge in [-0.3, -0.25) is 0 Å². The van der Waals surface area contributed by atoms with Crippen LogP contribution < -0.4 is 4.74 Å². The predicted octanol–water partition coefficient (Wildman–Crippen LogP) is 3.69. The summed E-state index contributed by atoms with van der Waals surface area (Å²) in [7, 11) is 0. The van der Waals surface area contributed by atoms with Gasteiger partial charge in [-0.15, -0.1) is 13.2 Å². The van der Waals surface area contributed by atoms with Crippen molar-refractivity contribution in [2.75, 3.05) is 0 Å². The maximum atomic E-state index is 11.7. The fraction of sp³-hybridized carbons (Fsp3) is 0.143. The van der Waals surface area contributed by atoms with E-state index in [0.29, 0.717) is 0 Å². The molecule has 0 aliphatic rings. The molecule has 0 aliphatic heterocycles. The highest BCUT2D eigenvalue weighted by Gasteiger charge is 2.31. The Balaban J connectivity index is 2.90. The van der Waals surface area contributed by atoms with Crippen LogP contribution in [0.15, 0.2) is 12.1 Å². The molecule has 6 heteroatoms. The van der Waals surface area contributed by atoms with Crippen molar-refractivity contribution in [2.45, 2.75) is 6.36 Å². The third kappa shape index (κ3) is 3.32. The van der Waals surface area contributed by atoms with Crippen LogP contribution in [0.1, 0.15) is 0 Å². The van der Waals surface area contributed by atoms with E-state index in [1.807, 2.05) is 0 Å². The second kappa shape index (κ2) is 3.64. The Morgan fingerprint density at radius 1 is 1.31 bits per heavy atom. The number of hydrogen-bond donors (Lipinski definition) is 0. The van der Waals surface area contributed by atoms with Gasteiger partial charge in [0.2, 0.25) is 0 Å². The highest BCUT2D eigenvalue weighted by atomic mass is 35.5. The van der Waals surface area contributed by atoms with Gasteiger partial charge < -0.3 is 4.74 Å². The molecule has 0 bridgehead atoms. The molecule has 13 heavy (non-hydrogen) atoms. The standard InChI is InChI=1S/C7H2Cl2F3O/c8-4-1-2-6(5(9)3-4)13-7(10,11)12/h2-3H. The Morgan fingerprint density at radius 2 is 1.92 bits per heavy atom. The van der Waals surface area contributed by atoms with Crippen molar-refractivity contribution in [1.29, 1.82) is 0 Å². The second-order valence-corrected chi connectivity index (χ2v) is 2.86. The van der Waals surface area contributed by atoms with E-state index in [-0.39, 0.29) is 10.0 Å². The largest absolute Gasteiger partial charge is 0.573 e. The van der Waals surface area contributed by atoms with Crippen LogP contribution in [-0.2, 0) is 0 Å². The van der Waals surface area contributed by atoms with Crippen molar-refractivity contribution in [3.8, 4) is 5.75 Å². The van der Waals surface area contributed by atoms with Gasteiger partial charge in [0.1, 0.15) is 5.75 Å². The lowest BCUT2D eigenvalue weighted by Crippen LogP contribution is -2.17. The van der Waals surface area contributed by atoms with Gasteiger partial charge >= 0.3 is 6.36 Å². The molecule has 0 aromatic heterocycles. The normalized spacial score (nSPS) is 11.5. The first-order chi connectivity index (χ1) is 5.88. The SMILES string of the molecule is FC(F)(F)Oc1c[c]c(Cl)cc1Cl. The summed E-state index contributed by atoms with van der Waals surface area (Å²) < 4.78 is 38.6. The van der Waals surface area contributed by atoms with Crippen LogP contribution in [0.25, 0.3) is 0 Å². The Bertz CT molecular complexity index is 311. The quantitative estimate of drug-likeness (QED) is 0.714.